The molecule has 1 aliphatic rings. The zero-order valence-corrected chi connectivity index (χ0v) is 13.6. The number of tetrazole rings is 1. The number of fused-ring (bicyclic) bond motifs is 1. The van der Waals surface area contributed by atoms with Gasteiger partial charge in [0, 0.05) is 22.8 Å². The maximum atomic E-state index is 14.6. The largest absolute Gasteiger partial charge is 0.323 e. The van der Waals surface area contributed by atoms with E-state index >= 15 is 0 Å². The Balaban J connectivity index is 1.92. The molecule has 1 atom stereocenters. The number of nitrogens with two attached hydrogens (primary N) is 1. The Labute approximate surface area is 142 Å². The summed E-state index contributed by atoms with van der Waals surface area (Å²) in [6, 6.07) is 4.88. The first-order valence-corrected chi connectivity index (χ1v) is 7.89. The van der Waals surface area contributed by atoms with Gasteiger partial charge in [0.1, 0.15) is 5.82 Å². The van der Waals surface area contributed by atoms with Gasteiger partial charge in [0.15, 0.2) is 0 Å². The van der Waals surface area contributed by atoms with Crippen LogP contribution in [0.25, 0.3) is 22.5 Å². The van der Waals surface area contributed by atoms with E-state index in [9.17, 15) is 4.39 Å². The van der Waals surface area contributed by atoms with E-state index in [4.69, 9.17) is 17.3 Å². The quantitative estimate of drug-likeness (QED) is 0.772. The summed E-state index contributed by atoms with van der Waals surface area (Å²) in [7, 11) is 1.63. The summed E-state index contributed by atoms with van der Waals surface area (Å²) in [6.07, 6.45) is 3.42. The molecule has 24 heavy (non-hydrogen) atoms. The Morgan fingerprint density at radius 1 is 1.33 bits per heavy atom. The van der Waals surface area contributed by atoms with E-state index in [1.807, 2.05) is 6.07 Å². The molecule has 2 aromatic heterocycles. The molecule has 0 bridgehead atoms. The monoisotopic (exact) mass is 344 g/mol. The summed E-state index contributed by atoms with van der Waals surface area (Å²) in [4.78, 5) is 5.75. The van der Waals surface area contributed by atoms with Crippen LogP contribution in [0.4, 0.5) is 4.39 Å². The van der Waals surface area contributed by atoms with Gasteiger partial charge < -0.3 is 5.73 Å². The molecule has 6 nitrogen and oxygen atoms in total. The minimum absolute atomic E-state index is 0.0359. The van der Waals surface area contributed by atoms with Crippen molar-refractivity contribution in [1.82, 2.24) is 25.2 Å². The fraction of sp³-hybridized carbons (Fsp3) is 0.250. The molecular weight excluding hydrogens is 331 g/mol. The first-order valence-electron chi connectivity index (χ1n) is 7.51. The van der Waals surface area contributed by atoms with Crippen molar-refractivity contribution in [3.8, 4) is 22.5 Å². The van der Waals surface area contributed by atoms with Crippen molar-refractivity contribution in [2.75, 3.05) is 0 Å². The zero-order valence-electron chi connectivity index (χ0n) is 12.9. The molecule has 122 valence electrons. The Hall–Kier alpha value is -2.38. The van der Waals surface area contributed by atoms with Gasteiger partial charge in [-0.15, -0.1) is 10.2 Å². The number of hydrogen-bond donors (Lipinski definition) is 1. The molecule has 2 heterocycles. The van der Waals surface area contributed by atoms with Crippen molar-refractivity contribution in [1.29, 1.82) is 0 Å². The van der Waals surface area contributed by atoms with Crippen LogP contribution in [0, 0.1) is 5.82 Å². The van der Waals surface area contributed by atoms with Gasteiger partial charge in [-0.3, -0.25) is 4.98 Å². The highest BCUT2D eigenvalue weighted by molar-refractivity contribution is 6.31. The standard InChI is InChI=1S/C16H14ClFN6/c1-24-22-16(21-23-24)14-11(5-10(17)6-12(14)18)9-4-8-2-3-13(19)15(8)20-7-9/h4-7,13H,2-3,19H2,1H3. The average molecular weight is 345 g/mol. The molecular formula is C16H14ClFN6. The van der Waals surface area contributed by atoms with Crippen molar-refractivity contribution in [2.24, 2.45) is 12.8 Å². The third-order valence-corrected chi connectivity index (χ3v) is 4.39. The van der Waals surface area contributed by atoms with Crippen LogP contribution in [0.15, 0.2) is 24.4 Å². The van der Waals surface area contributed by atoms with Gasteiger partial charge in [-0.2, -0.15) is 4.80 Å². The highest BCUT2D eigenvalue weighted by Gasteiger charge is 2.23. The van der Waals surface area contributed by atoms with Crippen molar-refractivity contribution in [2.45, 2.75) is 18.9 Å². The smallest absolute Gasteiger partial charge is 0.208 e. The number of aryl methyl sites for hydroxylation is 2. The van der Waals surface area contributed by atoms with Crippen LogP contribution in [0.5, 0.6) is 0 Å². The molecule has 2 N–H and O–H groups in total. The number of pyridine rings is 1. The second-order valence-corrected chi connectivity index (χ2v) is 6.26. The van der Waals surface area contributed by atoms with Crippen LogP contribution in [0.2, 0.25) is 5.02 Å². The van der Waals surface area contributed by atoms with Crippen LogP contribution in [0.1, 0.15) is 23.7 Å². The molecule has 0 fully saturated rings. The number of aromatic nitrogens is 5. The molecule has 3 aromatic rings. The van der Waals surface area contributed by atoms with E-state index in [0.717, 1.165) is 29.7 Å². The molecule has 0 radical (unpaired) electrons. The summed E-state index contributed by atoms with van der Waals surface area (Å²) >= 11 is 6.06. The molecule has 1 unspecified atom stereocenters. The number of benzene rings is 1. The number of nitrogens with zero attached hydrogens (tertiary/aromatic N) is 5. The van der Waals surface area contributed by atoms with E-state index in [1.54, 1.807) is 19.3 Å². The van der Waals surface area contributed by atoms with E-state index in [-0.39, 0.29) is 17.4 Å². The molecule has 0 amide bonds. The lowest BCUT2D eigenvalue weighted by molar-refractivity contribution is 0.626. The SMILES string of the molecule is Cn1nnc(-c2c(F)cc(Cl)cc2-c2cnc3c(c2)CCC3N)n1. The topological polar surface area (TPSA) is 82.5 Å². The normalized spacial score (nSPS) is 16.4. The summed E-state index contributed by atoms with van der Waals surface area (Å²) < 4.78 is 14.6. The lowest BCUT2D eigenvalue weighted by Crippen LogP contribution is -2.07. The summed E-state index contributed by atoms with van der Waals surface area (Å²) in [6.45, 7) is 0. The first kappa shape index (κ1) is 15.2. The van der Waals surface area contributed by atoms with Crippen LogP contribution in [-0.4, -0.2) is 25.2 Å². The lowest BCUT2D eigenvalue weighted by atomic mass is 9.98. The van der Waals surface area contributed by atoms with E-state index in [0.29, 0.717) is 10.6 Å². The number of rotatable bonds is 2. The third-order valence-electron chi connectivity index (χ3n) is 4.18. The predicted molar refractivity (Wildman–Crippen MR) is 87.7 cm³/mol. The van der Waals surface area contributed by atoms with Crippen LogP contribution < -0.4 is 5.73 Å². The average Bonchev–Trinajstić information content (AvgIpc) is 3.13. The van der Waals surface area contributed by atoms with Crippen molar-refractivity contribution >= 4 is 11.6 Å². The van der Waals surface area contributed by atoms with Gasteiger partial charge in [-0.05, 0) is 47.4 Å². The van der Waals surface area contributed by atoms with Crippen LogP contribution >= 0.6 is 11.6 Å². The second kappa shape index (κ2) is 5.61. The Kier molecular flexibility index (Phi) is 3.54. The van der Waals surface area contributed by atoms with E-state index in [1.165, 1.54) is 10.9 Å². The second-order valence-electron chi connectivity index (χ2n) is 5.83. The number of halogens is 2. The Bertz CT molecular complexity index is 938. The fourth-order valence-electron chi connectivity index (χ4n) is 3.06. The van der Waals surface area contributed by atoms with Gasteiger partial charge in [-0.1, -0.05) is 11.6 Å². The van der Waals surface area contributed by atoms with Crippen molar-refractivity contribution < 1.29 is 4.39 Å². The summed E-state index contributed by atoms with van der Waals surface area (Å²) in [5.74, 6) is -0.290. The lowest BCUT2D eigenvalue weighted by Gasteiger charge is -2.11. The van der Waals surface area contributed by atoms with Gasteiger partial charge >= 0.3 is 0 Å². The minimum Gasteiger partial charge on any atom is -0.323 e. The van der Waals surface area contributed by atoms with E-state index < -0.39 is 5.82 Å². The number of hydrogen-bond acceptors (Lipinski definition) is 5. The highest BCUT2D eigenvalue weighted by Crippen LogP contribution is 2.37. The fourth-order valence-corrected chi connectivity index (χ4v) is 3.27. The summed E-state index contributed by atoms with van der Waals surface area (Å²) in [5.41, 5.74) is 9.62. The molecule has 0 saturated carbocycles. The van der Waals surface area contributed by atoms with Gasteiger partial charge in [0.05, 0.1) is 18.3 Å². The van der Waals surface area contributed by atoms with Crippen LogP contribution in [-0.2, 0) is 13.5 Å². The van der Waals surface area contributed by atoms with Gasteiger partial charge in [0.2, 0.25) is 5.82 Å². The maximum Gasteiger partial charge on any atom is 0.208 e. The molecule has 0 saturated heterocycles. The Morgan fingerprint density at radius 2 is 2.17 bits per heavy atom. The summed E-state index contributed by atoms with van der Waals surface area (Å²) in [5, 5.41) is 12.1. The van der Waals surface area contributed by atoms with Gasteiger partial charge in [0.25, 0.3) is 0 Å². The third kappa shape index (κ3) is 2.46. The predicted octanol–water partition coefficient (Wildman–Crippen LogP) is 2.68. The zero-order chi connectivity index (χ0) is 16.8. The van der Waals surface area contributed by atoms with Crippen molar-refractivity contribution in [3.63, 3.8) is 0 Å². The van der Waals surface area contributed by atoms with Gasteiger partial charge in [-0.25, -0.2) is 4.39 Å². The first-order chi connectivity index (χ1) is 11.5. The van der Waals surface area contributed by atoms with E-state index in [2.05, 4.69) is 20.4 Å². The molecule has 0 spiro atoms. The molecule has 1 aliphatic carbocycles. The maximum absolute atomic E-state index is 14.6. The molecule has 4 rings (SSSR count). The van der Waals surface area contributed by atoms with Crippen LogP contribution in [0.3, 0.4) is 0 Å². The molecule has 8 heteroatoms. The highest BCUT2D eigenvalue weighted by atomic mass is 35.5. The molecule has 1 aromatic carbocycles. The minimum atomic E-state index is -0.498. The Morgan fingerprint density at radius 3 is 2.92 bits per heavy atom. The molecule has 0 aliphatic heterocycles. The van der Waals surface area contributed by atoms with Crippen molar-refractivity contribution in [3.05, 3.63) is 46.5 Å².